The van der Waals surface area contributed by atoms with Crippen LogP contribution in [0.25, 0.3) is 0 Å². The molecular formula is C14H17Cl2N. The number of hydrogen-bond donors (Lipinski definition) is 1. The molecule has 0 aromatic heterocycles. The summed E-state index contributed by atoms with van der Waals surface area (Å²) in [5.41, 5.74) is 1.10. The van der Waals surface area contributed by atoms with Gasteiger partial charge in [0.05, 0.1) is 0 Å². The fourth-order valence-corrected chi connectivity index (χ4v) is 2.23. The highest BCUT2D eigenvalue weighted by atomic mass is 35.5. The van der Waals surface area contributed by atoms with E-state index in [1.165, 1.54) is 0 Å². The summed E-state index contributed by atoms with van der Waals surface area (Å²) in [5.74, 6) is 5.92. The molecule has 17 heavy (non-hydrogen) atoms. The Morgan fingerprint density at radius 3 is 2.71 bits per heavy atom. The van der Waals surface area contributed by atoms with Crippen molar-refractivity contribution in [1.29, 1.82) is 0 Å². The lowest BCUT2D eigenvalue weighted by atomic mass is 10.0. The van der Waals surface area contributed by atoms with Gasteiger partial charge in [0, 0.05) is 29.1 Å². The van der Waals surface area contributed by atoms with Crippen LogP contribution in [0.3, 0.4) is 0 Å². The molecule has 0 aliphatic rings. The minimum atomic E-state index is 0.262. The molecule has 0 amide bonds. The van der Waals surface area contributed by atoms with Crippen LogP contribution in [-0.4, -0.2) is 6.54 Å². The fraction of sp³-hybridized carbons (Fsp3) is 0.429. The minimum Gasteiger partial charge on any atom is -0.309 e. The summed E-state index contributed by atoms with van der Waals surface area (Å²) in [7, 11) is 0. The maximum absolute atomic E-state index is 6.19. The quantitative estimate of drug-likeness (QED) is 0.615. The van der Waals surface area contributed by atoms with E-state index in [4.69, 9.17) is 23.2 Å². The number of nitrogens with one attached hydrogen (secondary N) is 1. The third kappa shape index (κ3) is 4.60. The monoisotopic (exact) mass is 269 g/mol. The first-order valence-electron chi connectivity index (χ1n) is 5.77. The van der Waals surface area contributed by atoms with Crippen LogP contribution < -0.4 is 5.32 Å². The van der Waals surface area contributed by atoms with Crippen LogP contribution in [0.1, 0.15) is 38.3 Å². The molecule has 0 aliphatic heterocycles. The molecule has 1 aromatic rings. The zero-order valence-electron chi connectivity index (χ0n) is 10.2. The lowest BCUT2D eigenvalue weighted by molar-refractivity contribution is 0.528. The molecule has 1 rings (SSSR count). The average molecular weight is 270 g/mol. The van der Waals surface area contributed by atoms with Gasteiger partial charge in [-0.2, -0.15) is 0 Å². The first kappa shape index (κ1) is 14.4. The second-order valence-corrected chi connectivity index (χ2v) is 4.60. The Morgan fingerprint density at radius 2 is 2.12 bits per heavy atom. The van der Waals surface area contributed by atoms with Crippen LogP contribution >= 0.6 is 23.2 Å². The van der Waals surface area contributed by atoms with Gasteiger partial charge in [-0.15, -0.1) is 11.8 Å². The highest BCUT2D eigenvalue weighted by molar-refractivity contribution is 6.35. The van der Waals surface area contributed by atoms with Crippen LogP contribution in [0.5, 0.6) is 0 Å². The van der Waals surface area contributed by atoms with Gasteiger partial charge in [-0.3, -0.25) is 0 Å². The van der Waals surface area contributed by atoms with Gasteiger partial charge >= 0.3 is 0 Å². The first-order valence-corrected chi connectivity index (χ1v) is 6.52. The molecule has 0 fully saturated rings. The van der Waals surface area contributed by atoms with Crippen molar-refractivity contribution in [2.24, 2.45) is 0 Å². The number of rotatable bonds is 5. The van der Waals surface area contributed by atoms with Crippen LogP contribution in [0.4, 0.5) is 0 Å². The van der Waals surface area contributed by atoms with Crippen molar-refractivity contribution < 1.29 is 0 Å². The van der Waals surface area contributed by atoms with Gasteiger partial charge in [0.2, 0.25) is 0 Å². The van der Waals surface area contributed by atoms with Gasteiger partial charge < -0.3 is 5.32 Å². The smallest absolute Gasteiger partial charge is 0.0468 e. The maximum Gasteiger partial charge on any atom is 0.0468 e. The van der Waals surface area contributed by atoms with E-state index in [2.05, 4.69) is 24.1 Å². The van der Waals surface area contributed by atoms with Gasteiger partial charge in [0.15, 0.2) is 0 Å². The molecule has 1 N–H and O–H groups in total. The van der Waals surface area contributed by atoms with Crippen molar-refractivity contribution in [1.82, 2.24) is 5.32 Å². The van der Waals surface area contributed by atoms with E-state index in [9.17, 15) is 0 Å². The second-order valence-electron chi connectivity index (χ2n) is 3.76. The Bertz CT molecular complexity index is 418. The zero-order chi connectivity index (χ0) is 12.7. The topological polar surface area (TPSA) is 12.0 Å². The van der Waals surface area contributed by atoms with E-state index < -0.39 is 0 Å². The van der Waals surface area contributed by atoms with Gasteiger partial charge in [-0.25, -0.2) is 0 Å². The molecule has 1 nitrogen and oxygen atoms in total. The molecule has 3 heteroatoms. The molecule has 92 valence electrons. The maximum atomic E-state index is 6.19. The summed E-state index contributed by atoms with van der Waals surface area (Å²) in [5, 5.41) is 4.84. The predicted molar refractivity (Wildman–Crippen MR) is 75.6 cm³/mol. The standard InChI is InChI=1S/C14H17Cl2N/c1-3-5-6-9-17-14(4-2)12-8-7-11(15)10-13(12)16/h7-8,10,14,17H,4,6,9H2,1-2H3. The van der Waals surface area contributed by atoms with Crippen LogP contribution in [0.2, 0.25) is 10.0 Å². The molecule has 0 bridgehead atoms. The molecule has 0 saturated heterocycles. The SMILES string of the molecule is CC#CCCNC(CC)c1ccc(Cl)cc1Cl. The van der Waals surface area contributed by atoms with Crippen molar-refractivity contribution in [3.63, 3.8) is 0 Å². The largest absolute Gasteiger partial charge is 0.309 e. The van der Waals surface area contributed by atoms with Gasteiger partial charge in [0.25, 0.3) is 0 Å². The summed E-state index contributed by atoms with van der Waals surface area (Å²) >= 11 is 12.1. The normalized spacial score (nSPS) is 11.8. The van der Waals surface area contributed by atoms with Gasteiger partial charge in [-0.05, 0) is 31.0 Å². The third-order valence-electron chi connectivity index (χ3n) is 2.56. The highest BCUT2D eigenvalue weighted by Gasteiger charge is 2.11. The molecular weight excluding hydrogens is 253 g/mol. The molecule has 1 atom stereocenters. The summed E-state index contributed by atoms with van der Waals surface area (Å²) in [6.45, 7) is 4.86. The molecule has 0 radical (unpaired) electrons. The number of benzene rings is 1. The van der Waals surface area contributed by atoms with E-state index in [1.54, 1.807) is 6.07 Å². The zero-order valence-corrected chi connectivity index (χ0v) is 11.7. The van der Waals surface area contributed by atoms with Gasteiger partial charge in [-0.1, -0.05) is 36.2 Å². The van der Waals surface area contributed by atoms with E-state index in [1.807, 2.05) is 19.1 Å². The Balaban J connectivity index is 2.68. The molecule has 0 spiro atoms. The Morgan fingerprint density at radius 1 is 1.35 bits per heavy atom. The molecule has 1 aromatic carbocycles. The summed E-state index contributed by atoms with van der Waals surface area (Å²) < 4.78 is 0. The number of hydrogen-bond acceptors (Lipinski definition) is 1. The molecule has 0 heterocycles. The van der Waals surface area contributed by atoms with Crippen molar-refractivity contribution in [3.05, 3.63) is 33.8 Å². The van der Waals surface area contributed by atoms with E-state index in [0.29, 0.717) is 5.02 Å². The van der Waals surface area contributed by atoms with Crippen LogP contribution in [0.15, 0.2) is 18.2 Å². The lowest BCUT2D eigenvalue weighted by Crippen LogP contribution is -2.21. The first-order chi connectivity index (χ1) is 8.19. The second kappa shape index (κ2) is 7.61. The minimum absolute atomic E-state index is 0.262. The Kier molecular flexibility index (Phi) is 6.44. The Labute approximate surface area is 114 Å². The molecule has 1 unspecified atom stereocenters. The van der Waals surface area contributed by atoms with Crippen molar-refractivity contribution in [2.75, 3.05) is 6.54 Å². The van der Waals surface area contributed by atoms with E-state index in [-0.39, 0.29) is 6.04 Å². The summed E-state index contributed by atoms with van der Waals surface area (Å²) in [6, 6.07) is 5.91. The third-order valence-corrected chi connectivity index (χ3v) is 3.13. The van der Waals surface area contributed by atoms with Crippen molar-refractivity contribution in [2.45, 2.75) is 32.7 Å². The number of halogens is 2. The fourth-order valence-electron chi connectivity index (χ4n) is 1.69. The lowest BCUT2D eigenvalue weighted by Gasteiger charge is -2.18. The summed E-state index contributed by atoms with van der Waals surface area (Å²) in [4.78, 5) is 0. The molecule has 0 aliphatic carbocycles. The summed E-state index contributed by atoms with van der Waals surface area (Å²) in [6.07, 6.45) is 1.85. The van der Waals surface area contributed by atoms with E-state index >= 15 is 0 Å². The Hall–Kier alpha value is -0.680. The van der Waals surface area contributed by atoms with Gasteiger partial charge in [0.1, 0.15) is 0 Å². The average Bonchev–Trinajstić information content (AvgIpc) is 2.31. The highest BCUT2D eigenvalue weighted by Crippen LogP contribution is 2.27. The van der Waals surface area contributed by atoms with Crippen LogP contribution in [0, 0.1) is 11.8 Å². The van der Waals surface area contributed by atoms with Crippen molar-refractivity contribution in [3.8, 4) is 11.8 Å². The van der Waals surface area contributed by atoms with Crippen molar-refractivity contribution >= 4 is 23.2 Å². The molecule has 0 saturated carbocycles. The predicted octanol–water partition coefficient (Wildman–Crippen LogP) is 4.45. The van der Waals surface area contributed by atoms with Crippen LogP contribution in [-0.2, 0) is 0 Å². The van der Waals surface area contributed by atoms with E-state index in [0.717, 1.165) is 30.0 Å².